The molecule has 116 valence electrons. The molecule has 0 saturated carbocycles. The van der Waals surface area contributed by atoms with E-state index in [1.54, 1.807) is 0 Å². The van der Waals surface area contributed by atoms with Crippen LogP contribution in [0.5, 0.6) is 0 Å². The van der Waals surface area contributed by atoms with E-state index >= 15 is 0 Å². The van der Waals surface area contributed by atoms with Gasteiger partial charge in [-0.15, -0.1) is 0 Å². The zero-order chi connectivity index (χ0) is 16.4. The largest absolute Gasteiger partial charge is 0.254 e. The first-order valence-electron chi connectivity index (χ1n) is 8.35. The fourth-order valence-corrected chi connectivity index (χ4v) is 3.87. The molecule has 0 amide bonds. The smallest absolute Gasteiger partial charge is 0.0966 e. The minimum atomic E-state index is 0.993. The van der Waals surface area contributed by atoms with Crippen LogP contribution < -0.4 is 0 Å². The number of aromatic nitrogens is 3. The molecule has 6 aromatic rings. The Morgan fingerprint density at radius 3 is 2.24 bits per heavy atom. The van der Waals surface area contributed by atoms with Crippen molar-refractivity contribution >= 4 is 48.9 Å². The van der Waals surface area contributed by atoms with Crippen LogP contribution in [0.2, 0.25) is 0 Å². The number of nitrogens with zero attached hydrogens (tertiary/aromatic N) is 3. The lowest BCUT2D eigenvalue weighted by atomic mass is 10.00. The molecule has 6 rings (SSSR count). The minimum absolute atomic E-state index is 0.993. The van der Waals surface area contributed by atoms with Gasteiger partial charge < -0.3 is 0 Å². The summed E-state index contributed by atoms with van der Waals surface area (Å²) in [4.78, 5) is 4.60. The van der Waals surface area contributed by atoms with E-state index in [0.29, 0.717) is 0 Å². The van der Waals surface area contributed by atoms with Gasteiger partial charge in [0.1, 0.15) is 0 Å². The van der Waals surface area contributed by atoms with E-state index in [-0.39, 0.29) is 0 Å². The average Bonchev–Trinajstić information content (AvgIpc) is 3.15. The highest BCUT2D eigenvalue weighted by Gasteiger charge is 2.11. The molecule has 3 aromatic carbocycles. The van der Waals surface area contributed by atoms with E-state index in [2.05, 4.69) is 64.7 Å². The normalized spacial score (nSPS) is 12.0. The number of fused-ring (bicyclic) bond motifs is 8. The second kappa shape index (κ2) is 4.54. The van der Waals surface area contributed by atoms with Crippen molar-refractivity contribution in [3.63, 3.8) is 0 Å². The van der Waals surface area contributed by atoms with Gasteiger partial charge in [-0.05, 0) is 57.9 Å². The Morgan fingerprint density at radius 1 is 0.600 bits per heavy atom. The molecule has 0 radical (unpaired) electrons. The molecule has 0 saturated heterocycles. The lowest BCUT2D eigenvalue weighted by molar-refractivity contribution is 1.01. The number of hydrogen-bond acceptors (Lipinski definition) is 2. The van der Waals surface area contributed by atoms with Crippen LogP contribution in [-0.2, 0) is 0 Å². The standard InChI is InChI=1S/C22H13N3/c1-2-5-15-11-17-13-21-19(12-16(17)10-14(15)4-1)18-6-3-8-23-22(18)20-7-9-24-25(20)21/h1-13H. The molecule has 0 aliphatic rings. The first-order valence-corrected chi connectivity index (χ1v) is 8.35. The highest BCUT2D eigenvalue weighted by molar-refractivity contribution is 6.15. The molecule has 0 atom stereocenters. The average molecular weight is 319 g/mol. The third-order valence-corrected chi connectivity index (χ3v) is 5.03. The summed E-state index contributed by atoms with van der Waals surface area (Å²) in [7, 11) is 0. The summed E-state index contributed by atoms with van der Waals surface area (Å²) in [6, 6.07) is 23.7. The Kier molecular flexibility index (Phi) is 2.35. The summed E-state index contributed by atoms with van der Waals surface area (Å²) < 4.78 is 2.00. The third kappa shape index (κ3) is 1.69. The summed E-state index contributed by atoms with van der Waals surface area (Å²) in [6.45, 7) is 0. The van der Waals surface area contributed by atoms with Crippen LogP contribution >= 0.6 is 0 Å². The molecule has 3 heterocycles. The van der Waals surface area contributed by atoms with Gasteiger partial charge in [-0.2, -0.15) is 5.10 Å². The zero-order valence-electron chi connectivity index (χ0n) is 13.3. The van der Waals surface area contributed by atoms with Crippen molar-refractivity contribution in [3.05, 3.63) is 79.1 Å². The second-order valence-corrected chi connectivity index (χ2v) is 6.44. The van der Waals surface area contributed by atoms with Crippen molar-refractivity contribution in [2.24, 2.45) is 0 Å². The molecular weight excluding hydrogens is 306 g/mol. The van der Waals surface area contributed by atoms with E-state index in [0.717, 1.165) is 16.6 Å². The van der Waals surface area contributed by atoms with Crippen LogP contribution in [0.25, 0.3) is 48.9 Å². The SMILES string of the molecule is c1ccc2cc3cc4c(cc3cc2c1)c1cccnc1c1ccnn41. The molecule has 0 fully saturated rings. The lowest BCUT2D eigenvalue weighted by Crippen LogP contribution is -1.94. The molecule has 0 unspecified atom stereocenters. The Morgan fingerprint density at radius 2 is 1.40 bits per heavy atom. The molecule has 0 aliphatic carbocycles. The maximum absolute atomic E-state index is 4.60. The van der Waals surface area contributed by atoms with E-state index in [4.69, 9.17) is 0 Å². The van der Waals surface area contributed by atoms with Crippen molar-refractivity contribution in [1.29, 1.82) is 0 Å². The van der Waals surface area contributed by atoms with E-state index in [1.165, 1.54) is 32.3 Å². The van der Waals surface area contributed by atoms with Crippen molar-refractivity contribution in [3.8, 4) is 0 Å². The van der Waals surface area contributed by atoms with E-state index < -0.39 is 0 Å². The Hall–Kier alpha value is -3.46. The molecule has 0 spiro atoms. The number of benzene rings is 3. The Bertz CT molecular complexity index is 1440. The van der Waals surface area contributed by atoms with Gasteiger partial charge in [0.2, 0.25) is 0 Å². The minimum Gasteiger partial charge on any atom is -0.254 e. The van der Waals surface area contributed by atoms with Crippen LogP contribution in [0, 0.1) is 0 Å². The van der Waals surface area contributed by atoms with Crippen LogP contribution in [0.15, 0.2) is 79.1 Å². The monoisotopic (exact) mass is 319 g/mol. The lowest BCUT2D eigenvalue weighted by Gasteiger charge is -2.10. The molecule has 3 nitrogen and oxygen atoms in total. The van der Waals surface area contributed by atoms with Gasteiger partial charge >= 0.3 is 0 Å². The van der Waals surface area contributed by atoms with Gasteiger partial charge in [0.05, 0.1) is 22.7 Å². The zero-order valence-corrected chi connectivity index (χ0v) is 13.3. The number of pyridine rings is 2. The summed E-state index contributed by atoms with van der Waals surface area (Å²) in [5.74, 6) is 0. The Labute approximate surface area is 143 Å². The van der Waals surface area contributed by atoms with Crippen molar-refractivity contribution < 1.29 is 0 Å². The molecule has 3 heteroatoms. The summed E-state index contributed by atoms with van der Waals surface area (Å²) in [5.41, 5.74) is 3.15. The predicted molar refractivity (Wildman–Crippen MR) is 103 cm³/mol. The quantitative estimate of drug-likeness (QED) is 0.279. The van der Waals surface area contributed by atoms with Gasteiger partial charge in [-0.25, -0.2) is 4.52 Å². The summed E-state index contributed by atoms with van der Waals surface area (Å²) in [6.07, 6.45) is 3.68. The number of rotatable bonds is 0. The molecule has 25 heavy (non-hydrogen) atoms. The predicted octanol–water partition coefficient (Wildman–Crippen LogP) is 5.34. The summed E-state index contributed by atoms with van der Waals surface area (Å²) >= 11 is 0. The van der Waals surface area contributed by atoms with Gasteiger partial charge in [0.25, 0.3) is 0 Å². The van der Waals surface area contributed by atoms with Crippen LogP contribution in [0.4, 0.5) is 0 Å². The fourth-order valence-electron chi connectivity index (χ4n) is 3.87. The Balaban J connectivity index is 1.91. The van der Waals surface area contributed by atoms with Gasteiger partial charge in [-0.1, -0.05) is 30.3 Å². The molecule has 3 aromatic heterocycles. The first kappa shape index (κ1) is 12.9. The molecular formula is C22H13N3. The van der Waals surface area contributed by atoms with Gasteiger partial charge in [0, 0.05) is 17.0 Å². The van der Waals surface area contributed by atoms with Crippen molar-refractivity contribution in [1.82, 2.24) is 14.6 Å². The maximum Gasteiger partial charge on any atom is 0.0966 e. The summed E-state index contributed by atoms with van der Waals surface area (Å²) in [5, 5.41) is 11.9. The molecule has 0 aliphatic heterocycles. The topological polar surface area (TPSA) is 30.2 Å². The molecule has 0 bridgehead atoms. The van der Waals surface area contributed by atoms with Crippen molar-refractivity contribution in [2.75, 3.05) is 0 Å². The highest BCUT2D eigenvalue weighted by Crippen LogP contribution is 2.32. The van der Waals surface area contributed by atoms with Crippen LogP contribution in [0.1, 0.15) is 0 Å². The first-order chi connectivity index (χ1) is 12.4. The van der Waals surface area contributed by atoms with Gasteiger partial charge in [-0.3, -0.25) is 4.98 Å². The number of hydrogen-bond donors (Lipinski definition) is 0. The fraction of sp³-hybridized carbons (Fsp3) is 0. The second-order valence-electron chi connectivity index (χ2n) is 6.44. The van der Waals surface area contributed by atoms with E-state index in [9.17, 15) is 0 Å². The van der Waals surface area contributed by atoms with Crippen LogP contribution in [-0.4, -0.2) is 14.6 Å². The highest BCUT2D eigenvalue weighted by atomic mass is 15.2. The molecule has 0 N–H and O–H groups in total. The maximum atomic E-state index is 4.60. The van der Waals surface area contributed by atoms with Crippen molar-refractivity contribution in [2.45, 2.75) is 0 Å². The van der Waals surface area contributed by atoms with E-state index in [1.807, 2.05) is 29.0 Å². The van der Waals surface area contributed by atoms with Gasteiger partial charge in [0.15, 0.2) is 0 Å². The van der Waals surface area contributed by atoms with Crippen LogP contribution in [0.3, 0.4) is 0 Å². The third-order valence-electron chi connectivity index (χ3n) is 5.03.